The zero-order valence-electron chi connectivity index (χ0n) is 19.3. The van der Waals surface area contributed by atoms with Gasteiger partial charge in [0.1, 0.15) is 0 Å². The molecule has 1 aliphatic rings. The SMILES string of the molecule is CCc1ccc(NC(=O)COC(=O)C=Cc2ccc(S(=O)(=O)N3CCc4ccccc43)cc2)cc1. The van der Waals surface area contributed by atoms with Crippen LogP contribution in [0.3, 0.4) is 0 Å². The van der Waals surface area contributed by atoms with Gasteiger partial charge in [-0.25, -0.2) is 13.2 Å². The molecule has 1 heterocycles. The van der Waals surface area contributed by atoms with Crippen LogP contribution >= 0.6 is 0 Å². The number of nitrogens with zero attached hydrogens (tertiary/aromatic N) is 1. The van der Waals surface area contributed by atoms with Crippen LogP contribution in [0.15, 0.2) is 83.8 Å². The Balaban J connectivity index is 1.31. The number of carbonyl (C=O) groups is 2. The first-order valence-corrected chi connectivity index (χ1v) is 12.7. The smallest absolute Gasteiger partial charge is 0.331 e. The highest BCUT2D eigenvalue weighted by molar-refractivity contribution is 7.92. The quantitative estimate of drug-likeness (QED) is 0.377. The molecule has 1 N–H and O–H groups in total. The Kier molecular flexibility index (Phi) is 7.31. The fraction of sp³-hybridized carbons (Fsp3) is 0.185. The van der Waals surface area contributed by atoms with Crippen LogP contribution in [0, 0.1) is 0 Å². The predicted molar refractivity (Wildman–Crippen MR) is 136 cm³/mol. The summed E-state index contributed by atoms with van der Waals surface area (Å²) < 4.78 is 32.6. The second kappa shape index (κ2) is 10.6. The molecular weight excluding hydrogens is 464 g/mol. The van der Waals surface area contributed by atoms with E-state index in [0.29, 0.717) is 29.9 Å². The van der Waals surface area contributed by atoms with E-state index in [1.165, 1.54) is 28.6 Å². The summed E-state index contributed by atoms with van der Waals surface area (Å²) in [5.74, 6) is -1.11. The first kappa shape index (κ1) is 24.2. The van der Waals surface area contributed by atoms with Crippen LogP contribution in [0.2, 0.25) is 0 Å². The number of benzene rings is 3. The van der Waals surface area contributed by atoms with E-state index >= 15 is 0 Å². The third-order valence-electron chi connectivity index (χ3n) is 5.72. The number of hydrogen-bond donors (Lipinski definition) is 1. The largest absolute Gasteiger partial charge is 0.452 e. The lowest BCUT2D eigenvalue weighted by Crippen LogP contribution is -2.29. The molecule has 0 aromatic heterocycles. The van der Waals surface area contributed by atoms with Crippen LogP contribution in [0.4, 0.5) is 11.4 Å². The van der Waals surface area contributed by atoms with Gasteiger partial charge >= 0.3 is 5.97 Å². The van der Waals surface area contributed by atoms with Gasteiger partial charge in [-0.3, -0.25) is 9.10 Å². The van der Waals surface area contributed by atoms with Gasteiger partial charge in [0.25, 0.3) is 15.9 Å². The number of rotatable bonds is 8. The van der Waals surface area contributed by atoms with Crippen molar-refractivity contribution in [3.8, 4) is 0 Å². The Labute approximate surface area is 205 Å². The Morgan fingerprint density at radius 2 is 1.71 bits per heavy atom. The summed E-state index contributed by atoms with van der Waals surface area (Å²) in [5.41, 5.74) is 4.14. The van der Waals surface area contributed by atoms with Crippen molar-refractivity contribution in [1.82, 2.24) is 0 Å². The standard InChI is InChI=1S/C27H26N2O5S/c1-2-20-7-12-23(13-8-20)28-26(30)19-34-27(31)16-11-21-9-14-24(15-10-21)35(32,33)29-18-17-22-5-3-4-6-25(22)29/h3-16H,2,17-19H2,1H3,(H,28,30). The number of nitrogens with one attached hydrogen (secondary N) is 1. The van der Waals surface area contributed by atoms with Crippen LogP contribution in [-0.2, 0) is 37.2 Å². The van der Waals surface area contributed by atoms with Crippen LogP contribution < -0.4 is 9.62 Å². The summed E-state index contributed by atoms with van der Waals surface area (Å²) in [7, 11) is -3.68. The molecule has 0 unspecified atom stereocenters. The van der Waals surface area contributed by atoms with E-state index in [0.717, 1.165) is 17.5 Å². The fourth-order valence-electron chi connectivity index (χ4n) is 3.81. The highest BCUT2D eigenvalue weighted by Crippen LogP contribution is 2.32. The molecule has 0 fully saturated rings. The number of carbonyl (C=O) groups excluding carboxylic acids is 2. The van der Waals surface area contributed by atoms with Crippen molar-refractivity contribution in [2.45, 2.75) is 24.7 Å². The van der Waals surface area contributed by atoms with Crippen molar-refractivity contribution < 1.29 is 22.7 Å². The van der Waals surface area contributed by atoms with Crippen molar-refractivity contribution in [2.24, 2.45) is 0 Å². The lowest BCUT2D eigenvalue weighted by atomic mass is 10.1. The molecule has 0 atom stereocenters. The zero-order valence-corrected chi connectivity index (χ0v) is 20.1. The highest BCUT2D eigenvalue weighted by Gasteiger charge is 2.30. The van der Waals surface area contributed by atoms with Gasteiger partial charge in [0, 0.05) is 18.3 Å². The third kappa shape index (κ3) is 5.78. The summed E-state index contributed by atoms with van der Waals surface area (Å²) in [4.78, 5) is 24.2. The molecule has 1 aliphatic heterocycles. The van der Waals surface area contributed by atoms with E-state index < -0.39 is 28.5 Å². The minimum atomic E-state index is -3.68. The first-order valence-electron chi connectivity index (χ1n) is 11.3. The van der Waals surface area contributed by atoms with Gasteiger partial charge in [0.15, 0.2) is 6.61 Å². The molecule has 0 saturated carbocycles. The second-order valence-corrected chi connectivity index (χ2v) is 9.93. The van der Waals surface area contributed by atoms with Gasteiger partial charge in [-0.1, -0.05) is 49.4 Å². The number of hydrogen-bond acceptors (Lipinski definition) is 5. The highest BCUT2D eigenvalue weighted by atomic mass is 32.2. The molecule has 4 rings (SSSR count). The molecule has 8 heteroatoms. The molecule has 3 aromatic rings. The monoisotopic (exact) mass is 490 g/mol. The molecule has 0 aliphatic carbocycles. The van der Waals surface area contributed by atoms with Gasteiger partial charge in [-0.05, 0) is 65.9 Å². The van der Waals surface area contributed by atoms with Gasteiger partial charge in [0.2, 0.25) is 0 Å². The summed E-state index contributed by atoms with van der Waals surface area (Å²) in [5, 5.41) is 2.67. The van der Waals surface area contributed by atoms with Crippen molar-refractivity contribution >= 4 is 39.4 Å². The third-order valence-corrected chi connectivity index (χ3v) is 7.54. The second-order valence-electron chi connectivity index (χ2n) is 8.06. The fourth-order valence-corrected chi connectivity index (χ4v) is 5.31. The van der Waals surface area contributed by atoms with Crippen LogP contribution in [0.5, 0.6) is 0 Å². The number of aryl methyl sites for hydroxylation is 1. The topological polar surface area (TPSA) is 92.8 Å². The predicted octanol–water partition coefficient (Wildman–Crippen LogP) is 4.20. The van der Waals surface area contributed by atoms with Crippen LogP contribution in [0.1, 0.15) is 23.6 Å². The first-order chi connectivity index (χ1) is 16.9. The number of esters is 1. The van der Waals surface area contributed by atoms with E-state index in [-0.39, 0.29) is 4.90 Å². The molecule has 1 amide bonds. The number of fused-ring (bicyclic) bond motifs is 1. The Morgan fingerprint density at radius 1 is 1.00 bits per heavy atom. The van der Waals surface area contributed by atoms with E-state index in [1.54, 1.807) is 24.3 Å². The van der Waals surface area contributed by atoms with E-state index in [4.69, 9.17) is 4.74 Å². The molecule has 180 valence electrons. The number of para-hydroxylation sites is 1. The van der Waals surface area contributed by atoms with E-state index in [1.807, 2.05) is 43.3 Å². The molecule has 0 radical (unpaired) electrons. The van der Waals surface area contributed by atoms with E-state index in [2.05, 4.69) is 5.32 Å². The summed E-state index contributed by atoms with van der Waals surface area (Å²) in [6.45, 7) is 2.05. The Hall–Kier alpha value is -3.91. The molecule has 0 bridgehead atoms. The molecule has 35 heavy (non-hydrogen) atoms. The van der Waals surface area contributed by atoms with Crippen LogP contribution in [0.25, 0.3) is 6.08 Å². The normalized spacial score (nSPS) is 13.0. The lowest BCUT2D eigenvalue weighted by molar-refractivity contribution is -0.142. The van der Waals surface area contributed by atoms with Crippen molar-refractivity contribution in [3.05, 3.63) is 95.6 Å². The molecule has 0 spiro atoms. The summed E-state index contributed by atoms with van der Waals surface area (Å²) >= 11 is 0. The molecule has 3 aromatic carbocycles. The zero-order chi connectivity index (χ0) is 24.8. The minimum absolute atomic E-state index is 0.178. The minimum Gasteiger partial charge on any atom is -0.452 e. The molecule has 7 nitrogen and oxygen atoms in total. The molecular formula is C27H26N2O5S. The summed E-state index contributed by atoms with van der Waals surface area (Å²) in [6, 6.07) is 21.2. The maximum atomic E-state index is 13.1. The van der Waals surface area contributed by atoms with Gasteiger partial charge in [0.05, 0.1) is 10.6 Å². The molecule has 0 saturated heterocycles. The van der Waals surface area contributed by atoms with Gasteiger partial charge in [-0.15, -0.1) is 0 Å². The number of ether oxygens (including phenoxy) is 1. The van der Waals surface area contributed by atoms with Crippen molar-refractivity contribution in [3.63, 3.8) is 0 Å². The van der Waals surface area contributed by atoms with Gasteiger partial charge < -0.3 is 10.1 Å². The van der Waals surface area contributed by atoms with Crippen LogP contribution in [-0.4, -0.2) is 33.4 Å². The Bertz CT molecular complexity index is 1350. The van der Waals surface area contributed by atoms with Gasteiger partial charge in [-0.2, -0.15) is 0 Å². The van der Waals surface area contributed by atoms with Crippen molar-refractivity contribution in [2.75, 3.05) is 22.8 Å². The average molecular weight is 491 g/mol. The number of sulfonamides is 1. The number of amides is 1. The maximum Gasteiger partial charge on any atom is 0.331 e. The van der Waals surface area contributed by atoms with Crippen molar-refractivity contribution in [1.29, 1.82) is 0 Å². The Morgan fingerprint density at radius 3 is 2.43 bits per heavy atom. The lowest BCUT2D eigenvalue weighted by Gasteiger charge is -2.19. The van der Waals surface area contributed by atoms with E-state index in [9.17, 15) is 18.0 Å². The average Bonchev–Trinajstić information content (AvgIpc) is 3.32. The number of anilines is 2. The summed E-state index contributed by atoms with van der Waals surface area (Å²) in [6.07, 6.45) is 4.29. The maximum absolute atomic E-state index is 13.1.